The van der Waals surface area contributed by atoms with Crippen molar-refractivity contribution in [2.75, 3.05) is 27.3 Å². The summed E-state index contributed by atoms with van der Waals surface area (Å²) in [5.74, 6) is 0.149. The number of sulfone groups is 1. The van der Waals surface area contributed by atoms with Gasteiger partial charge in [-0.2, -0.15) is 0 Å². The highest BCUT2D eigenvalue weighted by molar-refractivity contribution is 7.91. The SMILES string of the molecule is COC(=O)c1ccc2c(c1)[C@@H](S(=O)(=O)c1ccc(OC)cc1)C1(CCNC1)CC2. The topological polar surface area (TPSA) is 81.7 Å². The van der Waals surface area contributed by atoms with Crippen molar-refractivity contribution in [3.05, 3.63) is 59.2 Å². The average molecular weight is 416 g/mol. The second-order valence-electron chi connectivity index (χ2n) is 7.79. The normalized spacial score (nSPS) is 23.6. The van der Waals surface area contributed by atoms with E-state index in [1.165, 1.54) is 7.11 Å². The predicted octanol–water partition coefficient (Wildman–Crippen LogP) is 2.92. The molecule has 2 atom stereocenters. The molecule has 6 nitrogen and oxygen atoms in total. The molecule has 0 saturated carbocycles. The molecule has 7 heteroatoms. The molecule has 4 rings (SSSR count). The molecule has 1 spiro atoms. The summed E-state index contributed by atoms with van der Waals surface area (Å²) < 4.78 is 37.8. The van der Waals surface area contributed by atoms with Gasteiger partial charge >= 0.3 is 5.97 Å². The van der Waals surface area contributed by atoms with Crippen molar-refractivity contribution in [3.8, 4) is 5.75 Å². The number of ether oxygens (including phenoxy) is 2. The highest BCUT2D eigenvalue weighted by Gasteiger charge is 2.51. The Labute approximate surface area is 171 Å². The van der Waals surface area contributed by atoms with Gasteiger partial charge in [0.05, 0.1) is 29.9 Å². The lowest BCUT2D eigenvalue weighted by molar-refractivity contribution is 0.0600. The Bertz CT molecular complexity index is 1020. The molecule has 2 aromatic rings. The number of aryl methyl sites for hydroxylation is 1. The molecular formula is C22H25NO5S. The van der Waals surface area contributed by atoms with Crippen molar-refractivity contribution in [2.24, 2.45) is 5.41 Å². The van der Waals surface area contributed by atoms with Gasteiger partial charge in [-0.05, 0) is 73.3 Å². The molecule has 154 valence electrons. The van der Waals surface area contributed by atoms with Crippen molar-refractivity contribution in [3.63, 3.8) is 0 Å². The van der Waals surface area contributed by atoms with Crippen LogP contribution >= 0.6 is 0 Å². The molecule has 29 heavy (non-hydrogen) atoms. The first-order chi connectivity index (χ1) is 13.9. The van der Waals surface area contributed by atoms with Gasteiger partial charge in [0, 0.05) is 12.0 Å². The number of carbonyl (C=O) groups is 1. The maximum absolute atomic E-state index is 13.9. The second-order valence-corrected chi connectivity index (χ2v) is 9.83. The third-order valence-electron chi connectivity index (χ3n) is 6.27. The van der Waals surface area contributed by atoms with Gasteiger partial charge in [-0.3, -0.25) is 0 Å². The van der Waals surface area contributed by atoms with Crippen molar-refractivity contribution in [2.45, 2.75) is 29.4 Å². The average Bonchev–Trinajstić information content (AvgIpc) is 3.20. The number of esters is 1. The van der Waals surface area contributed by atoms with Crippen LogP contribution in [0, 0.1) is 5.41 Å². The van der Waals surface area contributed by atoms with Crippen LogP contribution in [0.25, 0.3) is 0 Å². The molecular weight excluding hydrogens is 390 g/mol. The molecule has 0 aromatic heterocycles. The summed E-state index contributed by atoms with van der Waals surface area (Å²) in [5.41, 5.74) is 1.70. The van der Waals surface area contributed by atoms with Crippen LogP contribution in [0.2, 0.25) is 0 Å². The molecule has 1 saturated heterocycles. The zero-order valence-electron chi connectivity index (χ0n) is 16.6. The van der Waals surface area contributed by atoms with E-state index in [1.807, 2.05) is 6.07 Å². The number of carbonyl (C=O) groups excluding carboxylic acids is 1. The minimum Gasteiger partial charge on any atom is -0.497 e. The fourth-order valence-electron chi connectivity index (χ4n) is 4.75. The summed E-state index contributed by atoms with van der Waals surface area (Å²) in [5, 5.41) is 2.64. The molecule has 1 heterocycles. The number of nitrogens with one attached hydrogen (secondary N) is 1. The molecule has 0 radical (unpaired) electrons. The van der Waals surface area contributed by atoms with Crippen LogP contribution in [0.5, 0.6) is 5.75 Å². The predicted molar refractivity (Wildman–Crippen MR) is 109 cm³/mol. The van der Waals surface area contributed by atoms with E-state index in [2.05, 4.69) is 5.32 Å². The van der Waals surface area contributed by atoms with Crippen LogP contribution in [0.15, 0.2) is 47.4 Å². The molecule has 1 N–H and O–H groups in total. The van der Waals surface area contributed by atoms with Gasteiger partial charge in [-0.1, -0.05) is 6.07 Å². The van der Waals surface area contributed by atoms with Crippen molar-refractivity contribution in [1.29, 1.82) is 0 Å². The lowest BCUT2D eigenvalue weighted by atomic mass is 9.70. The van der Waals surface area contributed by atoms with E-state index >= 15 is 0 Å². The molecule has 1 unspecified atom stereocenters. The summed E-state index contributed by atoms with van der Waals surface area (Å²) >= 11 is 0. The minimum absolute atomic E-state index is 0.269. The molecule has 1 aliphatic carbocycles. The molecule has 2 aromatic carbocycles. The number of rotatable bonds is 4. The Kier molecular flexibility index (Phi) is 5.12. The van der Waals surface area contributed by atoms with Gasteiger partial charge in [-0.25, -0.2) is 13.2 Å². The standard InChI is InChI=1S/C22H25NO5S/c1-27-17-5-7-18(8-6-17)29(25,26)20-19-13-16(21(24)28-2)4-3-15(19)9-10-22(20)11-12-23-14-22/h3-8,13,20,23H,9-12,14H2,1-2H3/t20-,22?/m1/s1. The van der Waals surface area contributed by atoms with E-state index < -0.39 is 21.1 Å². The maximum atomic E-state index is 13.9. The zero-order valence-corrected chi connectivity index (χ0v) is 17.4. The van der Waals surface area contributed by atoms with Gasteiger partial charge in [0.1, 0.15) is 5.75 Å². The van der Waals surface area contributed by atoms with Crippen LogP contribution in [0.3, 0.4) is 0 Å². The Morgan fingerprint density at radius 1 is 1.10 bits per heavy atom. The fourth-order valence-corrected chi connectivity index (χ4v) is 7.07. The molecule has 0 bridgehead atoms. The largest absolute Gasteiger partial charge is 0.497 e. The Hall–Kier alpha value is -2.38. The summed E-state index contributed by atoms with van der Waals surface area (Å²) in [6, 6.07) is 11.8. The lowest BCUT2D eigenvalue weighted by Crippen LogP contribution is -2.40. The third-order valence-corrected chi connectivity index (χ3v) is 8.58. The first kappa shape index (κ1) is 19.9. The highest BCUT2D eigenvalue weighted by Crippen LogP contribution is 2.53. The zero-order chi connectivity index (χ0) is 20.6. The second kappa shape index (κ2) is 7.46. The van der Waals surface area contributed by atoms with Gasteiger partial charge in [0.25, 0.3) is 0 Å². The smallest absolute Gasteiger partial charge is 0.337 e. The van der Waals surface area contributed by atoms with Crippen LogP contribution < -0.4 is 10.1 Å². The van der Waals surface area contributed by atoms with Crippen LogP contribution in [-0.2, 0) is 21.0 Å². The van der Waals surface area contributed by atoms with Crippen molar-refractivity contribution in [1.82, 2.24) is 5.32 Å². The summed E-state index contributed by atoms with van der Waals surface area (Å²) in [4.78, 5) is 12.4. The van der Waals surface area contributed by atoms with E-state index in [-0.39, 0.29) is 10.3 Å². The van der Waals surface area contributed by atoms with Crippen molar-refractivity contribution >= 4 is 15.8 Å². The Morgan fingerprint density at radius 2 is 1.86 bits per heavy atom. The number of methoxy groups -OCH3 is 2. The van der Waals surface area contributed by atoms with Crippen LogP contribution in [0.1, 0.15) is 39.6 Å². The van der Waals surface area contributed by atoms with E-state index in [1.54, 1.807) is 43.5 Å². The highest BCUT2D eigenvalue weighted by atomic mass is 32.2. The number of benzene rings is 2. The van der Waals surface area contributed by atoms with Crippen LogP contribution in [-0.4, -0.2) is 41.7 Å². The van der Waals surface area contributed by atoms with E-state index in [0.717, 1.165) is 36.9 Å². The van der Waals surface area contributed by atoms with E-state index in [9.17, 15) is 13.2 Å². The summed E-state index contributed by atoms with van der Waals surface area (Å²) in [6.45, 7) is 1.44. The number of fused-ring (bicyclic) bond motifs is 1. The number of hydrogen-bond acceptors (Lipinski definition) is 6. The third kappa shape index (κ3) is 3.32. The first-order valence-electron chi connectivity index (χ1n) is 9.71. The van der Waals surface area contributed by atoms with Gasteiger partial charge in [-0.15, -0.1) is 0 Å². The molecule has 1 aliphatic heterocycles. The molecule has 1 fully saturated rings. The van der Waals surface area contributed by atoms with Gasteiger partial charge < -0.3 is 14.8 Å². The Morgan fingerprint density at radius 3 is 2.48 bits per heavy atom. The lowest BCUT2D eigenvalue weighted by Gasteiger charge is -2.41. The summed E-state index contributed by atoms with van der Waals surface area (Å²) in [6.07, 6.45) is 2.38. The van der Waals surface area contributed by atoms with Crippen molar-refractivity contribution < 1.29 is 22.7 Å². The quantitative estimate of drug-likeness (QED) is 0.774. The minimum atomic E-state index is -3.69. The van der Waals surface area contributed by atoms with E-state index in [4.69, 9.17) is 9.47 Å². The monoisotopic (exact) mass is 415 g/mol. The Balaban J connectivity index is 1.88. The fraction of sp³-hybridized carbons (Fsp3) is 0.409. The van der Waals surface area contributed by atoms with Gasteiger partial charge in [0.15, 0.2) is 9.84 Å². The first-order valence-corrected chi connectivity index (χ1v) is 11.3. The number of hydrogen-bond donors (Lipinski definition) is 1. The maximum Gasteiger partial charge on any atom is 0.337 e. The van der Waals surface area contributed by atoms with Crippen LogP contribution in [0.4, 0.5) is 0 Å². The summed E-state index contributed by atoms with van der Waals surface area (Å²) in [7, 11) is -0.810. The molecule has 0 amide bonds. The molecule has 2 aliphatic rings. The van der Waals surface area contributed by atoms with E-state index in [0.29, 0.717) is 17.9 Å². The van der Waals surface area contributed by atoms with Gasteiger partial charge in [0.2, 0.25) is 0 Å².